The Kier molecular flexibility index (Phi) is 6.10. The minimum absolute atomic E-state index is 0.00122. The molecular weight excluding hydrogens is 488 g/mol. The molecule has 2 aliphatic carbocycles. The van der Waals surface area contributed by atoms with Gasteiger partial charge in [-0.2, -0.15) is 0 Å². The minimum atomic E-state index is 0.00122. The van der Waals surface area contributed by atoms with Crippen LogP contribution in [0.5, 0.6) is 5.75 Å². The molecular formula is C31H38N6O2. The van der Waals surface area contributed by atoms with Gasteiger partial charge in [-0.1, -0.05) is 6.92 Å². The first-order valence-corrected chi connectivity index (χ1v) is 14.6. The molecule has 0 bridgehead atoms. The zero-order valence-electron chi connectivity index (χ0n) is 23.0. The lowest BCUT2D eigenvalue weighted by molar-refractivity contribution is 0.0708. The normalized spacial score (nSPS) is 23.4. The van der Waals surface area contributed by atoms with Crippen LogP contribution in [0, 0.1) is 17.8 Å². The Morgan fingerprint density at radius 3 is 2.67 bits per heavy atom. The number of likely N-dealkylation sites (tertiary alicyclic amines) is 1. The second-order valence-corrected chi connectivity index (χ2v) is 12.2. The number of nitrogens with zero attached hydrogens (tertiary/aromatic N) is 5. The molecule has 204 valence electrons. The number of carbonyl (C=O) groups excluding carboxylic acids is 1. The maximum absolute atomic E-state index is 13.6. The highest BCUT2D eigenvalue weighted by Crippen LogP contribution is 2.41. The Morgan fingerprint density at radius 2 is 1.92 bits per heavy atom. The maximum Gasteiger partial charge on any atom is 0.254 e. The Balaban J connectivity index is 1.38. The van der Waals surface area contributed by atoms with Crippen molar-refractivity contribution < 1.29 is 9.53 Å². The maximum atomic E-state index is 13.6. The topological polar surface area (TPSA) is 91.2 Å². The van der Waals surface area contributed by atoms with E-state index in [-0.39, 0.29) is 11.9 Å². The Bertz CT molecular complexity index is 1540. The number of aromatic nitrogens is 4. The Morgan fingerprint density at radius 1 is 1.10 bits per heavy atom. The summed E-state index contributed by atoms with van der Waals surface area (Å²) < 4.78 is 10.7. The molecule has 3 aliphatic rings. The van der Waals surface area contributed by atoms with Gasteiger partial charge in [0.25, 0.3) is 5.91 Å². The number of rotatable bonds is 7. The van der Waals surface area contributed by atoms with Gasteiger partial charge >= 0.3 is 0 Å². The predicted molar refractivity (Wildman–Crippen MR) is 153 cm³/mol. The molecule has 4 heterocycles. The third-order valence-electron chi connectivity index (χ3n) is 8.95. The van der Waals surface area contributed by atoms with Gasteiger partial charge < -0.3 is 24.5 Å². The highest BCUT2D eigenvalue weighted by Gasteiger charge is 2.31. The summed E-state index contributed by atoms with van der Waals surface area (Å²) in [6.45, 7) is 5.50. The lowest BCUT2D eigenvalue weighted by Gasteiger charge is -2.33. The first-order valence-electron chi connectivity index (χ1n) is 14.6. The molecule has 7 rings (SSSR count). The van der Waals surface area contributed by atoms with E-state index in [0.29, 0.717) is 29.7 Å². The van der Waals surface area contributed by atoms with E-state index in [1.165, 1.54) is 25.7 Å². The number of fused-ring (bicyclic) bond motifs is 2. The van der Waals surface area contributed by atoms with Crippen molar-refractivity contribution >= 4 is 28.0 Å². The van der Waals surface area contributed by atoms with Crippen molar-refractivity contribution in [2.75, 3.05) is 20.2 Å². The van der Waals surface area contributed by atoms with E-state index < -0.39 is 0 Å². The van der Waals surface area contributed by atoms with E-state index in [4.69, 9.17) is 20.4 Å². The molecule has 0 radical (unpaired) electrons. The zero-order chi connectivity index (χ0) is 26.7. The number of methoxy groups -OCH3 is 1. The van der Waals surface area contributed by atoms with Crippen molar-refractivity contribution in [2.45, 2.75) is 64.6 Å². The fraction of sp³-hybridized carbons (Fsp3) is 0.516. The molecule has 2 N–H and O–H groups in total. The van der Waals surface area contributed by atoms with Gasteiger partial charge in [-0.15, -0.1) is 0 Å². The minimum Gasteiger partial charge on any atom is -0.494 e. The van der Waals surface area contributed by atoms with Gasteiger partial charge in [-0.3, -0.25) is 4.79 Å². The summed E-state index contributed by atoms with van der Waals surface area (Å²) in [6, 6.07) is 10.3. The summed E-state index contributed by atoms with van der Waals surface area (Å²) in [5.41, 5.74) is 10.7. The molecule has 1 unspecified atom stereocenters. The van der Waals surface area contributed by atoms with Gasteiger partial charge in [0.15, 0.2) is 5.82 Å². The van der Waals surface area contributed by atoms with E-state index in [0.717, 1.165) is 72.0 Å². The lowest BCUT2D eigenvalue weighted by Crippen LogP contribution is -2.45. The molecule has 4 aromatic rings. The number of benzene rings is 1. The fourth-order valence-electron chi connectivity index (χ4n) is 6.75. The molecule has 2 saturated carbocycles. The lowest BCUT2D eigenvalue weighted by atomic mass is 9.76. The molecule has 8 nitrogen and oxygen atoms in total. The standard InChI is InChI=1S/C31H38N6O2/c1-19-11-21(12-19)17-37-28-25(13-23(15-27(28)39-2)31(38)35-10-4-6-24(32)18-35)34-30(37)26-14-22-5-3-9-33-29(22)36(26)16-20-7-8-20/h3,5,9,13-15,19-21,24H,4,6-8,10-12,16-18,32H2,1-2H3. The van der Waals surface area contributed by atoms with Crippen LogP contribution < -0.4 is 10.5 Å². The molecule has 0 spiro atoms. The summed E-state index contributed by atoms with van der Waals surface area (Å²) in [5, 5.41) is 1.13. The van der Waals surface area contributed by atoms with Crippen molar-refractivity contribution in [3.05, 3.63) is 42.1 Å². The van der Waals surface area contributed by atoms with E-state index in [1.807, 2.05) is 29.3 Å². The number of piperidine rings is 1. The molecule has 1 atom stereocenters. The van der Waals surface area contributed by atoms with Crippen LogP contribution in [0.3, 0.4) is 0 Å². The van der Waals surface area contributed by atoms with Crippen molar-refractivity contribution in [3.63, 3.8) is 0 Å². The number of hydrogen-bond donors (Lipinski definition) is 1. The molecule has 1 aliphatic heterocycles. The van der Waals surface area contributed by atoms with Crippen LogP contribution in [0.2, 0.25) is 0 Å². The van der Waals surface area contributed by atoms with Gasteiger partial charge in [0, 0.05) is 49.4 Å². The van der Waals surface area contributed by atoms with E-state index in [9.17, 15) is 4.79 Å². The zero-order valence-corrected chi connectivity index (χ0v) is 23.0. The largest absolute Gasteiger partial charge is 0.494 e. The number of nitrogens with two attached hydrogens (primary N) is 1. The van der Waals surface area contributed by atoms with Crippen LogP contribution in [0.4, 0.5) is 0 Å². The number of amides is 1. The summed E-state index contributed by atoms with van der Waals surface area (Å²) in [7, 11) is 1.69. The van der Waals surface area contributed by atoms with Gasteiger partial charge in [-0.25, -0.2) is 9.97 Å². The summed E-state index contributed by atoms with van der Waals surface area (Å²) in [4.78, 5) is 25.4. The number of imidazole rings is 1. The smallest absolute Gasteiger partial charge is 0.254 e. The third kappa shape index (κ3) is 4.48. The first kappa shape index (κ1) is 24.6. The number of pyridine rings is 1. The predicted octanol–water partition coefficient (Wildman–Crippen LogP) is 5.08. The second-order valence-electron chi connectivity index (χ2n) is 12.2. The van der Waals surface area contributed by atoms with Crippen molar-refractivity contribution in [1.29, 1.82) is 0 Å². The van der Waals surface area contributed by atoms with E-state index in [1.54, 1.807) is 7.11 Å². The Labute approximate surface area is 229 Å². The number of carbonyl (C=O) groups is 1. The number of hydrogen-bond acceptors (Lipinski definition) is 5. The van der Waals surface area contributed by atoms with Gasteiger partial charge in [0.05, 0.1) is 18.3 Å². The first-order chi connectivity index (χ1) is 19.0. The average molecular weight is 527 g/mol. The quantitative estimate of drug-likeness (QED) is 0.363. The molecule has 39 heavy (non-hydrogen) atoms. The monoisotopic (exact) mass is 526 g/mol. The molecule has 3 aromatic heterocycles. The van der Waals surface area contributed by atoms with Crippen LogP contribution in [0.1, 0.15) is 55.8 Å². The third-order valence-corrected chi connectivity index (χ3v) is 8.95. The van der Waals surface area contributed by atoms with Gasteiger partial charge in [-0.05, 0) is 86.6 Å². The highest BCUT2D eigenvalue weighted by atomic mass is 16.5. The molecule has 8 heteroatoms. The van der Waals surface area contributed by atoms with Crippen LogP contribution in [-0.2, 0) is 13.1 Å². The van der Waals surface area contributed by atoms with Crippen molar-refractivity contribution in [1.82, 2.24) is 24.0 Å². The summed E-state index contributed by atoms with van der Waals surface area (Å²) in [6.07, 6.45) is 8.75. The van der Waals surface area contributed by atoms with Gasteiger partial charge in [0.1, 0.15) is 16.9 Å². The van der Waals surface area contributed by atoms with Crippen molar-refractivity contribution in [2.24, 2.45) is 23.5 Å². The van der Waals surface area contributed by atoms with Crippen LogP contribution >= 0.6 is 0 Å². The molecule has 1 amide bonds. The second kappa shape index (κ2) is 9.66. The van der Waals surface area contributed by atoms with Crippen LogP contribution in [0.25, 0.3) is 33.6 Å². The van der Waals surface area contributed by atoms with E-state index >= 15 is 0 Å². The van der Waals surface area contributed by atoms with Gasteiger partial charge in [0.2, 0.25) is 0 Å². The Hall–Kier alpha value is -3.39. The van der Waals surface area contributed by atoms with Crippen LogP contribution in [-0.4, -0.2) is 56.2 Å². The van der Waals surface area contributed by atoms with Crippen molar-refractivity contribution in [3.8, 4) is 17.3 Å². The fourth-order valence-corrected chi connectivity index (χ4v) is 6.75. The van der Waals surface area contributed by atoms with Crippen LogP contribution in [0.15, 0.2) is 36.5 Å². The summed E-state index contributed by atoms with van der Waals surface area (Å²) >= 11 is 0. The highest BCUT2D eigenvalue weighted by molar-refractivity contribution is 6.00. The number of ether oxygens (including phenoxy) is 1. The summed E-state index contributed by atoms with van der Waals surface area (Å²) in [5.74, 6) is 3.71. The average Bonchev–Trinajstić information content (AvgIpc) is 3.58. The SMILES string of the molecule is COc1cc(C(=O)N2CCCC(N)C2)cc2nc(-c3cc4cccnc4n3CC3CC3)n(CC3CC(C)C3)c12. The molecule has 1 saturated heterocycles. The van der Waals surface area contributed by atoms with E-state index in [2.05, 4.69) is 28.2 Å². The molecule has 3 fully saturated rings. The molecule has 1 aromatic carbocycles.